The van der Waals surface area contributed by atoms with Gasteiger partial charge < -0.3 is 15.3 Å². The number of fused-ring (bicyclic) bond motifs is 1. The van der Waals surface area contributed by atoms with Crippen LogP contribution in [-0.4, -0.2) is 43.9 Å². The first kappa shape index (κ1) is 23.5. The predicted octanol–water partition coefficient (Wildman–Crippen LogP) is 3.81. The topological polar surface area (TPSA) is 120 Å². The van der Waals surface area contributed by atoms with Crippen LogP contribution in [0.3, 0.4) is 0 Å². The van der Waals surface area contributed by atoms with E-state index in [1.165, 1.54) is 0 Å². The number of aliphatic hydroxyl groups excluding tert-OH is 1. The van der Waals surface area contributed by atoms with Gasteiger partial charge in [-0.3, -0.25) is 9.48 Å². The number of hydrogen-bond donors (Lipinski definition) is 2. The van der Waals surface area contributed by atoms with E-state index in [1.807, 2.05) is 18.2 Å². The Morgan fingerprint density at radius 1 is 1.25 bits per heavy atom. The van der Waals surface area contributed by atoms with Crippen molar-refractivity contribution < 1.29 is 9.90 Å². The fourth-order valence-electron chi connectivity index (χ4n) is 4.39. The number of nitrogens with one attached hydrogen (secondary N) is 1. The van der Waals surface area contributed by atoms with Gasteiger partial charge in [0, 0.05) is 42.4 Å². The Balaban J connectivity index is 1.50. The lowest BCUT2D eigenvalue weighted by atomic mass is 9.96. The van der Waals surface area contributed by atoms with E-state index in [9.17, 15) is 15.2 Å². The maximum atomic E-state index is 13.3. The van der Waals surface area contributed by atoms with Gasteiger partial charge >= 0.3 is 0 Å². The summed E-state index contributed by atoms with van der Waals surface area (Å²) in [4.78, 5) is 23.7. The van der Waals surface area contributed by atoms with Crippen LogP contribution in [0.5, 0.6) is 0 Å². The zero-order valence-electron chi connectivity index (χ0n) is 19.4. The van der Waals surface area contributed by atoms with Crippen LogP contribution in [0.2, 0.25) is 5.02 Å². The van der Waals surface area contributed by atoms with Crippen LogP contribution < -0.4 is 10.2 Å². The first-order valence-corrected chi connectivity index (χ1v) is 11.7. The molecule has 0 aliphatic carbocycles. The third-order valence-corrected chi connectivity index (χ3v) is 6.57. The van der Waals surface area contributed by atoms with Gasteiger partial charge in [-0.05, 0) is 35.4 Å². The molecule has 0 saturated heterocycles. The maximum absolute atomic E-state index is 13.3. The van der Waals surface area contributed by atoms with Crippen LogP contribution in [0.15, 0.2) is 60.9 Å². The molecule has 0 saturated carbocycles. The van der Waals surface area contributed by atoms with Crippen LogP contribution in [0.1, 0.15) is 22.6 Å². The largest absolute Gasteiger partial charge is 0.396 e. The van der Waals surface area contributed by atoms with E-state index in [2.05, 4.69) is 26.5 Å². The number of aromatic nitrogens is 4. The van der Waals surface area contributed by atoms with Crippen molar-refractivity contribution in [2.24, 2.45) is 7.05 Å². The number of nitriles is 1. The molecule has 0 bridgehead atoms. The Bertz CT molecular complexity index is 1490. The molecule has 3 heterocycles. The van der Waals surface area contributed by atoms with E-state index < -0.39 is 0 Å². The molecule has 1 unspecified atom stereocenters. The van der Waals surface area contributed by atoms with Gasteiger partial charge in [-0.2, -0.15) is 10.4 Å². The molecule has 2 aromatic heterocycles. The lowest BCUT2D eigenvalue weighted by Crippen LogP contribution is -2.32. The summed E-state index contributed by atoms with van der Waals surface area (Å²) in [6, 6.07) is 16.6. The Labute approximate surface area is 212 Å². The molecular formula is C26H22ClN7O2. The van der Waals surface area contributed by atoms with Crippen LogP contribution in [0.4, 0.5) is 17.5 Å². The minimum absolute atomic E-state index is 0.0961. The van der Waals surface area contributed by atoms with Crippen LogP contribution in [0, 0.1) is 11.3 Å². The summed E-state index contributed by atoms with van der Waals surface area (Å²) < 4.78 is 1.67. The molecule has 5 rings (SSSR count). The van der Waals surface area contributed by atoms with Crippen molar-refractivity contribution in [2.45, 2.75) is 12.3 Å². The molecule has 1 aliphatic rings. The van der Waals surface area contributed by atoms with Gasteiger partial charge in [0.1, 0.15) is 11.9 Å². The summed E-state index contributed by atoms with van der Waals surface area (Å²) in [5, 5.41) is 27.9. The number of hydrogen-bond acceptors (Lipinski definition) is 7. The van der Waals surface area contributed by atoms with E-state index >= 15 is 0 Å². The number of amides is 1. The average molecular weight is 500 g/mol. The van der Waals surface area contributed by atoms with Crippen molar-refractivity contribution >= 4 is 35.0 Å². The lowest BCUT2D eigenvalue weighted by molar-refractivity contribution is -0.117. The number of aliphatic hydroxyl groups is 1. The Morgan fingerprint density at radius 3 is 2.81 bits per heavy atom. The fourth-order valence-corrected chi connectivity index (χ4v) is 4.59. The van der Waals surface area contributed by atoms with Gasteiger partial charge in [-0.1, -0.05) is 29.8 Å². The summed E-state index contributed by atoms with van der Waals surface area (Å²) in [5.41, 5.74) is 3.61. The van der Waals surface area contributed by atoms with Crippen molar-refractivity contribution in [3.05, 3.63) is 82.6 Å². The molecule has 36 heavy (non-hydrogen) atoms. The molecule has 1 aliphatic heterocycles. The zero-order valence-corrected chi connectivity index (χ0v) is 20.1. The summed E-state index contributed by atoms with van der Waals surface area (Å²) in [7, 11) is 1.81. The van der Waals surface area contributed by atoms with Crippen molar-refractivity contribution in [1.29, 1.82) is 5.26 Å². The van der Waals surface area contributed by atoms with Crippen molar-refractivity contribution in [1.82, 2.24) is 19.7 Å². The Kier molecular flexibility index (Phi) is 6.38. The summed E-state index contributed by atoms with van der Waals surface area (Å²) in [5.74, 6) is 0.600. The second kappa shape index (κ2) is 9.77. The van der Waals surface area contributed by atoms with E-state index in [1.54, 1.807) is 59.4 Å². The molecule has 2 aromatic carbocycles. The molecule has 1 atom stereocenters. The smallest absolute Gasteiger partial charge is 0.231 e. The number of rotatable bonds is 6. The second-order valence-corrected chi connectivity index (χ2v) is 8.86. The van der Waals surface area contributed by atoms with E-state index in [0.717, 1.165) is 11.4 Å². The van der Waals surface area contributed by atoms with Crippen molar-refractivity contribution in [2.75, 3.05) is 23.4 Å². The monoisotopic (exact) mass is 499 g/mol. The van der Waals surface area contributed by atoms with E-state index in [4.69, 9.17) is 11.6 Å². The highest BCUT2D eigenvalue weighted by Crippen LogP contribution is 2.42. The van der Waals surface area contributed by atoms with Gasteiger partial charge in [0.25, 0.3) is 0 Å². The highest BCUT2D eigenvalue weighted by molar-refractivity contribution is 6.31. The second-order valence-electron chi connectivity index (χ2n) is 8.46. The molecule has 1 amide bonds. The number of halogens is 1. The average Bonchev–Trinajstić information content (AvgIpc) is 3.48. The molecule has 2 N–H and O–H groups in total. The van der Waals surface area contributed by atoms with Gasteiger partial charge in [-0.15, -0.1) is 0 Å². The van der Waals surface area contributed by atoms with Crippen LogP contribution in [0.25, 0.3) is 11.3 Å². The quantitative estimate of drug-likeness (QED) is 0.414. The van der Waals surface area contributed by atoms with Crippen LogP contribution >= 0.6 is 11.6 Å². The molecule has 180 valence electrons. The molecular weight excluding hydrogens is 478 g/mol. The highest BCUT2D eigenvalue weighted by atomic mass is 35.5. The number of carbonyl (C=O) groups is 1. The third kappa shape index (κ3) is 4.40. The minimum atomic E-state index is -0.323. The van der Waals surface area contributed by atoms with Crippen molar-refractivity contribution in [3.63, 3.8) is 0 Å². The SMILES string of the molecule is Cn1nccc1Nc1nccc(-c2cc(C#N)c3c(c2)C(CO)CN3C(=O)Cc2ccccc2Cl)n1. The molecule has 0 radical (unpaired) electrons. The number of carbonyl (C=O) groups excluding carboxylic acids is 1. The fraction of sp³-hybridized carbons (Fsp3) is 0.192. The Hall–Kier alpha value is -4.26. The van der Waals surface area contributed by atoms with E-state index in [-0.39, 0.29) is 31.4 Å². The van der Waals surface area contributed by atoms with Crippen molar-refractivity contribution in [3.8, 4) is 17.3 Å². The molecule has 9 nitrogen and oxygen atoms in total. The predicted molar refractivity (Wildman–Crippen MR) is 136 cm³/mol. The first-order chi connectivity index (χ1) is 17.5. The summed E-state index contributed by atoms with van der Waals surface area (Å²) in [6.45, 7) is 0.124. The normalized spacial score (nSPS) is 14.4. The summed E-state index contributed by atoms with van der Waals surface area (Å²) in [6.07, 6.45) is 3.39. The molecule has 0 spiro atoms. The summed E-state index contributed by atoms with van der Waals surface area (Å²) >= 11 is 6.26. The van der Waals surface area contributed by atoms with E-state index in [0.29, 0.717) is 39.0 Å². The van der Waals surface area contributed by atoms with Gasteiger partial charge in [0.15, 0.2) is 0 Å². The van der Waals surface area contributed by atoms with Gasteiger partial charge in [-0.25, -0.2) is 9.97 Å². The number of nitrogens with zero attached hydrogens (tertiary/aromatic N) is 6. The highest BCUT2D eigenvalue weighted by Gasteiger charge is 2.35. The minimum Gasteiger partial charge on any atom is -0.396 e. The zero-order chi connectivity index (χ0) is 25.2. The Morgan fingerprint density at radius 2 is 2.08 bits per heavy atom. The molecule has 0 fully saturated rings. The lowest BCUT2D eigenvalue weighted by Gasteiger charge is -2.19. The number of anilines is 3. The number of benzene rings is 2. The van der Waals surface area contributed by atoms with Gasteiger partial charge in [0.2, 0.25) is 11.9 Å². The maximum Gasteiger partial charge on any atom is 0.231 e. The van der Waals surface area contributed by atoms with Gasteiger partial charge in [0.05, 0.1) is 36.2 Å². The van der Waals surface area contributed by atoms with Crippen LogP contribution in [-0.2, 0) is 18.3 Å². The molecule has 10 heteroatoms. The first-order valence-electron chi connectivity index (χ1n) is 11.3. The third-order valence-electron chi connectivity index (χ3n) is 6.21. The number of aryl methyl sites for hydroxylation is 1. The standard InChI is InChI=1S/C26H22ClN7O2/c1-33-23(7-9-30-33)32-26-29-8-6-22(31-26)17-10-18(13-28)25-20(11-17)19(15-35)14-34(25)24(36)12-16-4-2-3-5-21(16)27/h2-11,19,35H,12,14-15H2,1H3,(H,29,31,32). The molecule has 4 aromatic rings.